The van der Waals surface area contributed by atoms with E-state index in [-0.39, 0.29) is 15.8 Å². The number of hydrogen-bond donors (Lipinski definition) is 1. The molecule has 1 heterocycles. The fourth-order valence-electron chi connectivity index (χ4n) is 2.11. The summed E-state index contributed by atoms with van der Waals surface area (Å²) in [7, 11) is 1.39. The zero-order chi connectivity index (χ0) is 19.4. The van der Waals surface area contributed by atoms with E-state index in [1.807, 2.05) is 0 Å². The Morgan fingerprint density at radius 3 is 2.56 bits per heavy atom. The van der Waals surface area contributed by atoms with E-state index in [0.29, 0.717) is 21.3 Å². The lowest BCUT2D eigenvalue weighted by Gasteiger charge is -2.02. The number of aromatic nitrogens is 2. The van der Waals surface area contributed by atoms with E-state index >= 15 is 0 Å². The second kappa shape index (κ2) is 8.47. The molecule has 5 nitrogen and oxygen atoms in total. The van der Waals surface area contributed by atoms with E-state index in [1.54, 1.807) is 30.3 Å². The van der Waals surface area contributed by atoms with E-state index < -0.39 is 11.7 Å². The second-order valence-electron chi connectivity index (χ2n) is 5.26. The second-order valence-corrected chi connectivity index (χ2v) is 7.08. The molecule has 0 aliphatic rings. The largest absolute Gasteiger partial charge is 0.494 e. The molecule has 1 aromatic heterocycles. The summed E-state index contributed by atoms with van der Waals surface area (Å²) < 4.78 is 18.6. The Hall–Kier alpha value is -2.48. The Morgan fingerprint density at radius 1 is 1.19 bits per heavy atom. The molecule has 1 amide bonds. The lowest BCUT2D eigenvalue weighted by molar-refractivity contribution is 0.102. The molecular weight excluding hydrogens is 412 g/mol. The van der Waals surface area contributed by atoms with Crippen LogP contribution in [0.4, 0.5) is 10.1 Å². The maximum atomic E-state index is 13.8. The fourth-order valence-corrected chi connectivity index (χ4v) is 3.16. The summed E-state index contributed by atoms with van der Waals surface area (Å²) in [6, 6.07) is 11.1. The number of hydrogen-bond acceptors (Lipinski definition) is 5. The van der Waals surface area contributed by atoms with E-state index in [1.165, 1.54) is 25.3 Å². The maximum absolute atomic E-state index is 13.8. The number of nitrogens with one attached hydrogen (secondary N) is 1. The van der Waals surface area contributed by atoms with Gasteiger partial charge in [-0.3, -0.25) is 4.79 Å². The average Bonchev–Trinajstić information content (AvgIpc) is 3.14. The third kappa shape index (κ3) is 4.82. The van der Waals surface area contributed by atoms with Crippen molar-refractivity contribution >= 4 is 57.2 Å². The van der Waals surface area contributed by atoms with Gasteiger partial charge in [-0.15, -0.1) is 10.2 Å². The molecule has 0 radical (unpaired) electrons. The summed E-state index contributed by atoms with van der Waals surface area (Å²) in [6.07, 6.45) is 1.53. The lowest BCUT2D eigenvalue weighted by Crippen LogP contribution is -2.11. The number of benzene rings is 2. The molecule has 3 rings (SSSR count). The van der Waals surface area contributed by atoms with Gasteiger partial charge in [-0.05, 0) is 48.0 Å². The monoisotopic (exact) mass is 423 g/mol. The van der Waals surface area contributed by atoms with Crippen LogP contribution in [0.1, 0.15) is 20.4 Å². The van der Waals surface area contributed by atoms with Gasteiger partial charge in [0.2, 0.25) is 5.01 Å². The van der Waals surface area contributed by atoms with Gasteiger partial charge in [0.05, 0.1) is 12.1 Å². The van der Waals surface area contributed by atoms with Gasteiger partial charge in [-0.1, -0.05) is 40.6 Å². The molecule has 0 saturated heterocycles. The third-order valence-corrected chi connectivity index (χ3v) is 5.00. The SMILES string of the molecule is COc1ccc(/C=C(\Cl)c2nnc(C(=O)Nc3ccc(Cl)cc3)s2)cc1F. The van der Waals surface area contributed by atoms with Crippen molar-refractivity contribution in [1.29, 1.82) is 0 Å². The molecule has 0 saturated carbocycles. The predicted molar refractivity (Wildman–Crippen MR) is 106 cm³/mol. The molecule has 0 atom stereocenters. The van der Waals surface area contributed by atoms with Crippen molar-refractivity contribution in [2.75, 3.05) is 12.4 Å². The van der Waals surface area contributed by atoms with Gasteiger partial charge in [0.15, 0.2) is 16.6 Å². The van der Waals surface area contributed by atoms with Crippen molar-refractivity contribution in [1.82, 2.24) is 10.2 Å². The summed E-state index contributed by atoms with van der Waals surface area (Å²) in [5.74, 6) is -0.780. The van der Waals surface area contributed by atoms with Gasteiger partial charge in [0.25, 0.3) is 5.91 Å². The number of rotatable bonds is 5. The number of methoxy groups -OCH3 is 1. The topological polar surface area (TPSA) is 64.1 Å². The van der Waals surface area contributed by atoms with Gasteiger partial charge in [-0.2, -0.15) is 0 Å². The van der Waals surface area contributed by atoms with E-state index in [0.717, 1.165) is 11.3 Å². The zero-order valence-corrected chi connectivity index (χ0v) is 16.2. The van der Waals surface area contributed by atoms with Gasteiger partial charge in [0.1, 0.15) is 0 Å². The highest BCUT2D eigenvalue weighted by molar-refractivity contribution is 7.15. The Kier molecular flexibility index (Phi) is 6.05. The molecule has 0 aliphatic carbocycles. The number of nitrogens with zero attached hydrogens (tertiary/aromatic N) is 2. The minimum atomic E-state index is -0.504. The van der Waals surface area contributed by atoms with Crippen molar-refractivity contribution in [3.05, 3.63) is 68.9 Å². The number of anilines is 1. The smallest absolute Gasteiger partial charge is 0.286 e. The Bertz CT molecular complexity index is 1010. The molecule has 138 valence electrons. The van der Waals surface area contributed by atoms with Crippen LogP contribution in [-0.4, -0.2) is 23.2 Å². The predicted octanol–water partition coefficient (Wildman–Crippen LogP) is 5.33. The minimum Gasteiger partial charge on any atom is -0.494 e. The molecule has 0 fully saturated rings. The Labute approximate surface area is 168 Å². The molecular formula is C18H12Cl2FN3O2S. The van der Waals surface area contributed by atoms with E-state index in [9.17, 15) is 9.18 Å². The van der Waals surface area contributed by atoms with Gasteiger partial charge >= 0.3 is 0 Å². The minimum absolute atomic E-state index is 0.139. The number of halogens is 3. The van der Waals surface area contributed by atoms with Crippen molar-refractivity contribution in [3.8, 4) is 5.75 Å². The zero-order valence-electron chi connectivity index (χ0n) is 13.9. The first-order valence-corrected chi connectivity index (χ1v) is 9.15. The van der Waals surface area contributed by atoms with Crippen LogP contribution >= 0.6 is 34.5 Å². The molecule has 0 bridgehead atoms. The van der Waals surface area contributed by atoms with Crippen LogP contribution in [0, 0.1) is 5.82 Å². The van der Waals surface area contributed by atoms with Gasteiger partial charge in [0, 0.05) is 10.7 Å². The Morgan fingerprint density at radius 2 is 1.89 bits per heavy atom. The van der Waals surface area contributed by atoms with Crippen molar-refractivity contribution in [3.63, 3.8) is 0 Å². The van der Waals surface area contributed by atoms with Crippen LogP contribution < -0.4 is 10.1 Å². The van der Waals surface area contributed by atoms with E-state index in [4.69, 9.17) is 27.9 Å². The van der Waals surface area contributed by atoms with Crippen LogP contribution in [0.3, 0.4) is 0 Å². The molecule has 1 N–H and O–H groups in total. The van der Waals surface area contributed by atoms with Crippen LogP contribution in [0.25, 0.3) is 11.1 Å². The number of carbonyl (C=O) groups is 1. The molecule has 0 aliphatic heterocycles. The normalized spacial score (nSPS) is 11.3. The first kappa shape index (κ1) is 19.3. The molecule has 27 heavy (non-hydrogen) atoms. The highest BCUT2D eigenvalue weighted by Gasteiger charge is 2.15. The van der Waals surface area contributed by atoms with Crippen LogP contribution in [0.15, 0.2) is 42.5 Å². The fraction of sp³-hybridized carbons (Fsp3) is 0.0556. The summed E-state index contributed by atoms with van der Waals surface area (Å²) in [5, 5.41) is 11.7. The van der Waals surface area contributed by atoms with Crippen LogP contribution in [0.2, 0.25) is 5.02 Å². The molecule has 3 aromatic rings. The summed E-state index contributed by atoms with van der Waals surface area (Å²) in [4.78, 5) is 12.2. The molecule has 0 spiro atoms. The van der Waals surface area contributed by atoms with Gasteiger partial charge in [-0.25, -0.2) is 4.39 Å². The van der Waals surface area contributed by atoms with Gasteiger partial charge < -0.3 is 10.1 Å². The summed E-state index contributed by atoms with van der Waals surface area (Å²) in [5.41, 5.74) is 1.11. The maximum Gasteiger partial charge on any atom is 0.286 e. The number of ether oxygens (including phenoxy) is 1. The first-order valence-electron chi connectivity index (χ1n) is 7.58. The lowest BCUT2D eigenvalue weighted by atomic mass is 10.2. The van der Waals surface area contributed by atoms with Crippen molar-refractivity contribution in [2.45, 2.75) is 0 Å². The molecule has 9 heteroatoms. The van der Waals surface area contributed by atoms with Crippen LogP contribution in [-0.2, 0) is 0 Å². The first-order chi connectivity index (χ1) is 13.0. The quantitative estimate of drug-likeness (QED) is 0.602. The van der Waals surface area contributed by atoms with Crippen LogP contribution in [0.5, 0.6) is 5.75 Å². The highest BCUT2D eigenvalue weighted by atomic mass is 35.5. The van der Waals surface area contributed by atoms with E-state index in [2.05, 4.69) is 15.5 Å². The number of carbonyl (C=O) groups excluding carboxylic acids is 1. The number of amides is 1. The standard InChI is InChI=1S/C18H12Cl2FN3O2S/c1-26-15-7-2-10(9-14(15)21)8-13(20)17-23-24-18(27-17)16(25)22-12-5-3-11(19)4-6-12/h2-9H,1H3,(H,22,25)/b13-8-. The highest BCUT2D eigenvalue weighted by Crippen LogP contribution is 2.27. The molecule has 2 aromatic carbocycles. The van der Waals surface area contributed by atoms with Crippen molar-refractivity contribution in [2.24, 2.45) is 0 Å². The Balaban J connectivity index is 1.75. The molecule has 0 unspecified atom stereocenters. The third-order valence-electron chi connectivity index (χ3n) is 3.39. The average molecular weight is 424 g/mol. The van der Waals surface area contributed by atoms with Crippen molar-refractivity contribution < 1.29 is 13.9 Å². The summed E-state index contributed by atoms with van der Waals surface area (Å²) >= 11 is 13.1. The summed E-state index contributed by atoms with van der Waals surface area (Å²) in [6.45, 7) is 0.